The van der Waals surface area contributed by atoms with E-state index in [-0.39, 0.29) is 6.10 Å². The van der Waals surface area contributed by atoms with Crippen molar-refractivity contribution in [3.05, 3.63) is 0 Å². The summed E-state index contributed by atoms with van der Waals surface area (Å²) in [5, 5.41) is 9.25. The van der Waals surface area contributed by atoms with Gasteiger partial charge in [-0.3, -0.25) is 4.79 Å². The molecule has 0 unspecified atom stereocenters. The molecular weight excluding hydrogens is 733 g/mol. The van der Waals surface area contributed by atoms with Crippen molar-refractivity contribution in [2.45, 2.75) is 278 Å². The molecule has 7 heteroatoms. The SMILES string of the molecule is CCCCCCCCCCN(CCCCCCCCCC)C(=O)CCCCCCCN(CCCCCO)CCCCCCCCCOC(=O)OC(CCCC)CCCC. The molecule has 0 radical (unpaired) electrons. The Kier molecular flexibility index (Phi) is 46.6. The molecule has 0 aliphatic heterocycles. The van der Waals surface area contributed by atoms with Crippen LogP contribution in [0.1, 0.15) is 272 Å². The number of hydrogen-bond acceptors (Lipinski definition) is 6. The molecule has 0 bridgehead atoms. The maximum absolute atomic E-state index is 13.4. The molecule has 1 amide bonds. The van der Waals surface area contributed by atoms with Crippen LogP contribution in [0.25, 0.3) is 0 Å². The van der Waals surface area contributed by atoms with E-state index >= 15 is 0 Å². The second kappa shape index (κ2) is 47.7. The molecule has 0 rings (SSSR count). The Bertz CT molecular complexity index is 829. The summed E-state index contributed by atoms with van der Waals surface area (Å²) in [5.74, 6) is 0.407. The van der Waals surface area contributed by atoms with E-state index in [1.165, 1.54) is 180 Å². The molecule has 352 valence electrons. The van der Waals surface area contributed by atoms with Gasteiger partial charge in [0.05, 0.1) is 6.61 Å². The average molecular weight is 837 g/mol. The maximum Gasteiger partial charge on any atom is 0.508 e. The van der Waals surface area contributed by atoms with E-state index in [1.54, 1.807) is 0 Å². The molecule has 0 saturated carbocycles. The summed E-state index contributed by atoms with van der Waals surface area (Å²) in [5.41, 5.74) is 0. The summed E-state index contributed by atoms with van der Waals surface area (Å²) in [4.78, 5) is 30.4. The zero-order valence-electron chi connectivity index (χ0n) is 40.4. The van der Waals surface area contributed by atoms with Crippen LogP contribution in [0.3, 0.4) is 0 Å². The van der Waals surface area contributed by atoms with E-state index in [9.17, 15) is 14.7 Å². The average Bonchev–Trinajstić information content (AvgIpc) is 3.24. The van der Waals surface area contributed by atoms with Gasteiger partial charge in [-0.15, -0.1) is 0 Å². The standard InChI is InChI=1S/C52H104N2O5/c1-5-9-13-15-17-21-28-36-46-54(47-37-29-22-18-16-14-10-6-2)51(56)42-32-25-24-27-34-44-53(45-35-31-38-48-55)43-33-26-20-19-23-30-39-49-58-52(57)59-50(40-11-7-3)41-12-8-4/h50,55H,5-49H2,1-4H3. The van der Waals surface area contributed by atoms with Crippen LogP contribution in [0, 0.1) is 0 Å². The number of carbonyl (C=O) groups excluding carboxylic acids is 2. The number of aliphatic hydroxyl groups is 1. The summed E-state index contributed by atoms with van der Waals surface area (Å²) in [7, 11) is 0. The number of unbranched alkanes of at least 4 members (excludes halogenated alkanes) is 28. The van der Waals surface area contributed by atoms with Gasteiger partial charge in [0, 0.05) is 26.1 Å². The van der Waals surface area contributed by atoms with Gasteiger partial charge in [-0.05, 0) is 90.3 Å². The molecule has 0 atom stereocenters. The highest BCUT2D eigenvalue weighted by Crippen LogP contribution is 2.16. The van der Waals surface area contributed by atoms with Crippen LogP contribution >= 0.6 is 0 Å². The van der Waals surface area contributed by atoms with Gasteiger partial charge in [0.2, 0.25) is 5.91 Å². The fraction of sp³-hybridized carbons (Fsp3) is 0.962. The lowest BCUT2D eigenvalue weighted by atomic mass is 10.1. The second-order valence-electron chi connectivity index (χ2n) is 18.1. The van der Waals surface area contributed by atoms with Gasteiger partial charge in [-0.2, -0.15) is 0 Å². The minimum atomic E-state index is -0.481. The summed E-state index contributed by atoms with van der Waals surface area (Å²) >= 11 is 0. The zero-order valence-corrected chi connectivity index (χ0v) is 40.4. The first kappa shape index (κ1) is 57.7. The van der Waals surface area contributed by atoms with E-state index < -0.39 is 6.16 Å². The maximum atomic E-state index is 13.4. The Morgan fingerprint density at radius 2 is 0.780 bits per heavy atom. The lowest BCUT2D eigenvalue weighted by Gasteiger charge is -2.23. The van der Waals surface area contributed by atoms with Gasteiger partial charge in [-0.1, -0.05) is 195 Å². The van der Waals surface area contributed by atoms with Crippen molar-refractivity contribution in [1.29, 1.82) is 0 Å². The highest BCUT2D eigenvalue weighted by molar-refractivity contribution is 5.76. The quantitative estimate of drug-likeness (QED) is 0.0486. The molecule has 0 aliphatic rings. The topological polar surface area (TPSA) is 79.3 Å². The molecule has 0 spiro atoms. The minimum Gasteiger partial charge on any atom is -0.434 e. The van der Waals surface area contributed by atoms with Crippen LogP contribution in [-0.2, 0) is 14.3 Å². The highest BCUT2D eigenvalue weighted by Gasteiger charge is 2.15. The molecule has 59 heavy (non-hydrogen) atoms. The van der Waals surface area contributed by atoms with E-state index in [0.717, 1.165) is 96.7 Å². The monoisotopic (exact) mass is 837 g/mol. The van der Waals surface area contributed by atoms with Crippen LogP contribution < -0.4 is 0 Å². The van der Waals surface area contributed by atoms with Crippen molar-refractivity contribution in [1.82, 2.24) is 9.80 Å². The lowest BCUT2D eigenvalue weighted by molar-refractivity contribution is -0.131. The van der Waals surface area contributed by atoms with Crippen LogP contribution in [0.2, 0.25) is 0 Å². The van der Waals surface area contributed by atoms with E-state index in [4.69, 9.17) is 9.47 Å². The number of rotatable bonds is 48. The fourth-order valence-corrected chi connectivity index (χ4v) is 8.27. The summed E-state index contributed by atoms with van der Waals surface area (Å²) < 4.78 is 11.0. The largest absolute Gasteiger partial charge is 0.508 e. The number of ether oxygens (including phenoxy) is 2. The fourth-order valence-electron chi connectivity index (χ4n) is 8.27. The summed E-state index contributed by atoms with van der Waals surface area (Å²) in [6.07, 6.45) is 45.0. The summed E-state index contributed by atoms with van der Waals surface area (Å²) in [6.45, 7) is 15.1. The van der Waals surface area contributed by atoms with Crippen molar-refractivity contribution >= 4 is 12.1 Å². The van der Waals surface area contributed by atoms with E-state index in [2.05, 4.69) is 37.5 Å². The molecule has 0 aromatic heterocycles. The first-order chi connectivity index (χ1) is 29.0. The van der Waals surface area contributed by atoms with Crippen LogP contribution in [0.4, 0.5) is 4.79 Å². The van der Waals surface area contributed by atoms with Gasteiger partial charge >= 0.3 is 6.16 Å². The smallest absolute Gasteiger partial charge is 0.434 e. The van der Waals surface area contributed by atoms with Crippen molar-refractivity contribution in [2.24, 2.45) is 0 Å². The molecule has 0 aliphatic carbocycles. The third-order valence-electron chi connectivity index (χ3n) is 12.3. The van der Waals surface area contributed by atoms with Crippen molar-refractivity contribution < 1.29 is 24.2 Å². The zero-order chi connectivity index (χ0) is 43.1. The molecule has 0 heterocycles. The van der Waals surface area contributed by atoms with Crippen molar-refractivity contribution in [3.63, 3.8) is 0 Å². The van der Waals surface area contributed by atoms with Gasteiger partial charge < -0.3 is 24.4 Å². The normalized spacial score (nSPS) is 11.6. The third-order valence-corrected chi connectivity index (χ3v) is 12.3. The van der Waals surface area contributed by atoms with E-state index in [0.29, 0.717) is 19.1 Å². The number of amides is 1. The first-order valence-electron chi connectivity index (χ1n) is 26.5. The minimum absolute atomic E-state index is 0.00640. The Hall–Kier alpha value is -1.34. The Morgan fingerprint density at radius 3 is 1.20 bits per heavy atom. The summed E-state index contributed by atoms with van der Waals surface area (Å²) in [6, 6.07) is 0. The third kappa shape index (κ3) is 41.8. The molecular formula is C52H104N2O5. The second-order valence-corrected chi connectivity index (χ2v) is 18.1. The Labute approximate surface area is 368 Å². The highest BCUT2D eigenvalue weighted by atomic mass is 16.7. The number of aliphatic hydroxyl groups excluding tert-OH is 1. The van der Waals surface area contributed by atoms with Gasteiger partial charge in [0.25, 0.3) is 0 Å². The van der Waals surface area contributed by atoms with Crippen LogP contribution in [0.5, 0.6) is 0 Å². The predicted octanol–water partition coefficient (Wildman–Crippen LogP) is 15.5. The number of hydrogen-bond donors (Lipinski definition) is 1. The molecule has 0 fully saturated rings. The van der Waals surface area contributed by atoms with Gasteiger partial charge in [-0.25, -0.2) is 4.79 Å². The number of nitrogens with zero attached hydrogens (tertiary/aromatic N) is 2. The van der Waals surface area contributed by atoms with Crippen molar-refractivity contribution in [2.75, 3.05) is 45.9 Å². The Morgan fingerprint density at radius 1 is 0.424 bits per heavy atom. The van der Waals surface area contributed by atoms with Crippen molar-refractivity contribution in [3.8, 4) is 0 Å². The Balaban J connectivity index is 4.32. The molecule has 0 saturated heterocycles. The molecule has 0 aromatic carbocycles. The van der Waals surface area contributed by atoms with Crippen LogP contribution in [0.15, 0.2) is 0 Å². The lowest BCUT2D eigenvalue weighted by Crippen LogP contribution is -2.32. The van der Waals surface area contributed by atoms with Gasteiger partial charge in [0.15, 0.2) is 0 Å². The molecule has 7 nitrogen and oxygen atoms in total. The predicted molar refractivity (Wildman–Crippen MR) is 254 cm³/mol. The van der Waals surface area contributed by atoms with E-state index in [1.807, 2.05) is 0 Å². The first-order valence-corrected chi connectivity index (χ1v) is 26.5. The van der Waals surface area contributed by atoms with Gasteiger partial charge in [0.1, 0.15) is 6.10 Å². The number of carbonyl (C=O) groups is 2. The molecule has 0 aromatic rings. The molecule has 1 N–H and O–H groups in total. The van der Waals surface area contributed by atoms with Crippen LogP contribution in [-0.4, -0.2) is 79.0 Å².